The molecular weight excluding hydrogens is 166 g/mol. The van der Waals surface area contributed by atoms with Gasteiger partial charge in [-0.05, 0) is 6.92 Å². The zero-order valence-electron chi connectivity index (χ0n) is 7.78. The lowest BCUT2D eigenvalue weighted by Crippen LogP contribution is -2.37. The third-order valence-electron chi connectivity index (χ3n) is 1.70. The van der Waals surface area contributed by atoms with Crippen LogP contribution in [0.5, 0.6) is 0 Å². The maximum atomic E-state index is 10.7. The number of carbonyl (C=O) groups is 1. The second-order valence-corrected chi connectivity index (χ2v) is 3.07. The highest BCUT2D eigenvalue weighted by molar-refractivity contribution is 5.66. The summed E-state index contributed by atoms with van der Waals surface area (Å²) in [6.45, 7) is 3.00. The van der Waals surface area contributed by atoms with E-state index in [0.717, 1.165) is 5.56 Å². The van der Waals surface area contributed by atoms with Crippen molar-refractivity contribution in [1.29, 1.82) is 0 Å². The second-order valence-electron chi connectivity index (χ2n) is 3.07. The summed E-state index contributed by atoms with van der Waals surface area (Å²) in [5, 5.41) is 0. The summed E-state index contributed by atoms with van der Waals surface area (Å²) in [7, 11) is 0. The third kappa shape index (κ3) is 2.56. The van der Waals surface area contributed by atoms with E-state index in [1.165, 1.54) is 6.92 Å². The van der Waals surface area contributed by atoms with E-state index in [2.05, 4.69) is 0 Å². The molecule has 0 saturated carbocycles. The predicted octanol–water partition coefficient (Wildman–Crippen LogP) is 1.38. The van der Waals surface area contributed by atoms with Gasteiger partial charge < -0.3 is 4.74 Å². The fourth-order valence-electron chi connectivity index (χ4n) is 1.13. The van der Waals surface area contributed by atoms with Crippen LogP contribution in [-0.4, -0.2) is 5.97 Å². The van der Waals surface area contributed by atoms with Crippen LogP contribution in [0.1, 0.15) is 19.4 Å². The summed E-state index contributed by atoms with van der Waals surface area (Å²) in [6, 6.07) is 9.23. The topological polar surface area (TPSA) is 52.3 Å². The van der Waals surface area contributed by atoms with Gasteiger partial charge in [0.1, 0.15) is 0 Å². The van der Waals surface area contributed by atoms with Crippen molar-refractivity contribution in [3.63, 3.8) is 0 Å². The summed E-state index contributed by atoms with van der Waals surface area (Å²) >= 11 is 0. The molecule has 0 radical (unpaired) electrons. The molecule has 2 N–H and O–H groups in total. The van der Waals surface area contributed by atoms with Gasteiger partial charge in [0.15, 0.2) is 5.72 Å². The van der Waals surface area contributed by atoms with Crippen LogP contribution in [0, 0.1) is 0 Å². The van der Waals surface area contributed by atoms with E-state index in [1.807, 2.05) is 30.3 Å². The SMILES string of the molecule is CC(=O)OC(C)(N)c1ccccc1. The molecular formula is C10H13NO2. The molecule has 0 spiro atoms. The molecule has 0 aliphatic carbocycles. The van der Waals surface area contributed by atoms with E-state index < -0.39 is 5.72 Å². The highest BCUT2D eigenvalue weighted by Gasteiger charge is 2.23. The summed E-state index contributed by atoms with van der Waals surface area (Å²) in [5.74, 6) is -0.381. The minimum absolute atomic E-state index is 0.381. The van der Waals surface area contributed by atoms with Gasteiger partial charge in [0.05, 0.1) is 0 Å². The molecule has 0 fully saturated rings. The minimum atomic E-state index is -1.03. The van der Waals surface area contributed by atoms with Crippen molar-refractivity contribution in [3.8, 4) is 0 Å². The molecule has 3 nitrogen and oxygen atoms in total. The van der Waals surface area contributed by atoms with Crippen molar-refractivity contribution in [2.45, 2.75) is 19.6 Å². The van der Waals surface area contributed by atoms with E-state index in [0.29, 0.717) is 0 Å². The number of rotatable bonds is 2. The van der Waals surface area contributed by atoms with Gasteiger partial charge in [-0.25, -0.2) is 0 Å². The Bertz CT molecular complexity index is 293. The Labute approximate surface area is 77.5 Å². The number of ether oxygens (including phenoxy) is 1. The van der Waals surface area contributed by atoms with Crippen LogP contribution in [0.25, 0.3) is 0 Å². The number of benzene rings is 1. The van der Waals surface area contributed by atoms with Gasteiger partial charge >= 0.3 is 5.97 Å². The largest absolute Gasteiger partial charge is 0.440 e. The van der Waals surface area contributed by atoms with E-state index in [-0.39, 0.29) is 5.97 Å². The molecule has 0 aromatic heterocycles. The number of hydrogen-bond donors (Lipinski definition) is 1. The molecule has 0 amide bonds. The van der Waals surface area contributed by atoms with Crippen molar-refractivity contribution >= 4 is 5.97 Å². The molecule has 1 aromatic carbocycles. The molecule has 1 rings (SSSR count). The monoisotopic (exact) mass is 179 g/mol. The minimum Gasteiger partial charge on any atom is -0.440 e. The highest BCUT2D eigenvalue weighted by atomic mass is 16.6. The Morgan fingerprint density at radius 3 is 2.38 bits per heavy atom. The number of hydrogen-bond acceptors (Lipinski definition) is 3. The zero-order valence-corrected chi connectivity index (χ0v) is 7.78. The summed E-state index contributed by atoms with van der Waals surface area (Å²) in [4.78, 5) is 10.7. The van der Waals surface area contributed by atoms with Gasteiger partial charge in [0.25, 0.3) is 0 Å². The van der Waals surface area contributed by atoms with Crippen molar-refractivity contribution in [1.82, 2.24) is 0 Å². The van der Waals surface area contributed by atoms with E-state index >= 15 is 0 Å². The fourth-order valence-corrected chi connectivity index (χ4v) is 1.13. The van der Waals surface area contributed by atoms with E-state index in [4.69, 9.17) is 10.5 Å². The second kappa shape index (κ2) is 3.58. The highest BCUT2D eigenvalue weighted by Crippen LogP contribution is 2.18. The number of esters is 1. The molecule has 1 atom stereocenters. The van der Waals surface area contributed by atoms with Crippen molar-refractivity contribution < 1.29 is 9.53 Å². The number of carbonyl (C=O) groups excluding carboxylic acids is 1. The molecule has 0 heterocycles. The lowest BCUT2D eigenvalue weighted by molar-refractivity contribution is -0.155. The first-order valence-electron chi connectivity index (χ1n) is 4.06. The normalized spacial score (nSPS) is 14.7. The van der Waals surface area contributed by atoms with Crippen LogP contribution >= 0.6 is 0 Å². The Hall–Kier alpha value is -1.35. The van der Waals surface area contributed by atoms with Crippen LogP contribution in [0.4, 0.5) is 0 Å². The van der Waals surface area contributed by atoms with Gasteiger partial charge in [0, 0.05) is 12.5 Å². The molecule has 1 aromatic rings. The van der Waals surface area contributed by atoms with Gasteiger partial charge in [-0.2, -0.15) is 0 Å². The maximum Gasteiger partial charge on any atom is 0.304 e. The van der Waals surface area contributed by atoms with Gasteiger partial charge in [-0.3, -0.25) is 10.5 Å². The Morgan fingerprint density at radius 2 is 1.92 bits per heavy atom. The molecule has 0 aliphatic heterocycles. The van der Waals surface area contributed by atoms with E-state index in [1.54, 1.807) is 6.92 Å². The van der Waals surface area contributed by atoms with Gasteiger partial charge in [-0.1, -0.05) is 30.3 Å². The Morgan fingerprint density at radius 1 is 1.38 bits per heavy atom. The first kappa shape index (κ1) is 9.74. The van der Waals surface area contributed by atoms with Crippen molar-refractivity contribution in [2.75, 3.05) is 0 Å². The lowest BCUT2D eigenvalue weighted by Gasteiger charge is -2.24. The van der Waals surface area contributed by atoms with Crippen LogP contribution in [0.2, 0.25) is 0 Å². The van der Waals surface area contributed by atoms with Crippen LogP contribution in [0.15, 0.2) is 30.3 Å². The molecule has 13 heavy (non-hydrogen) atoms. The Balaban J connectivity index is 2.87. The Kier molecular flexibility index (Phi) is 2.68. The lowest BCUT2D eigenvalue weighted by atomic mass is 10.1. The van der Waals surface area contributed by atoms with Gasteiger partial charge in [-0.15, -0.1) is 0 Å². The third-order valence-corrected chi connectivity index (χ3v) is 1.70. The summed E-state index contributed by atoms with van der Waals surface area (Å²) < 4.78 is 4.96. The molecule has 70 valence electrons. The van der Waals surface area contributed by atoms with Crippen LogP contribution in [-0.2, 0) is 15.3 Å². The fraction of sp³-hybridized carbons (Fsp3) is 0.300. The van der Waals surface area contributed by atoms with Crippen molar-refractivity contribution in [3.05, 3.63) is 35.9 Å². The molecule has 0 saturated heterocycles. The molecule has 3 heteroatoms. The predicted molar refractivity (Wildman–Crippen MR) is 49.7 cm³/mol. The average molecular weight is 179 g/mol. The standard InChI is InChI=1S/C10H13NO2/c1-8(12)13-10(2,11)9-6-4-3-5-7-9/h3-7H,11H2,1-2H3. The summed E-state index contributed by atoms with van der Waals surface area (Å²) in [5.41, 5.74) is 5.54. The first-order chi connectivity index (χ1) is 6.02. The molecule has 0 aliphatic rings. The average Bonchev–Trinajstić information content (AvgIpc) is 2.04. The first-order valence-corrected chi connectivity index (χ1v) is 4.06. The smallest absolute Gasteiger partial charge is 0.304 e. The van der Waals surface area contributed by atoms with Crippen LogP contribution in [0.3, 0.4) is 0 Å². The zero-order chi connectivity index (χ0) is 9.90. The van der Waals surface area contributed by atoms with Crippen LogP contribution < -0.4 is 5.73 Å². The van der Waals surface area contributed by atoms with E-state index in [9.17, 15) is 4.79 Å². The quantitative estimate of drug-likeness (QED) is 0.551. The van der Waals surface area contributed by atoms with Crippen molar-refractivity contribution in [2.24, 2.45) is 5.73 Å². The van der Waals surface area contributed by atoms with Gasteiger partial charge in [0.2, 0.25) is 0 Å². The molecule has 1 unspecified atom stereocenters. The summed E-state index contributed by atoms with van der Waals surface area (Å²) in [6.07, 6.45) is 0. The number of nitrogens with two attached hydrogens (primary N) is 1. The maximum absolute atomic E-state index is 10.7. The molecule has 0 bridgehead atoms.